The maximum Gasteiger partial charge on any atom is 0.235 e. The van der Waals surface area contributed by atoms with Gasteiger partial charge in [-0.15, -0.1) is 5.43 Å². The summed E-state index contributed by atoms with van der Waals surface area (Å²) in [5.74, 6) is -1.12. The molecule has 0 aromatic heterocycles. The Bertz CT molecular complexity index is 445. The molecule has 0 saturated carbocycles. The predicted octanol–water partition coefficient (Wildman–Crippen LogP) is 1.76. The van der Waals surface area contributed by atoms with Crippen LogP contribution in [0.4, 0.5) is 10.1 Å². The third-order valence-corrected chi connectivity index (χ3v) is 2.38. The molecule has 1 aromatic rings. The highest BCUT2D eigenvalue weighted by molar-refractivity contribution is 6.02. The number of rotatable bonds is 0. The summed E-state index contributed by atoms with van der Waals surface area (Å²) in [5.41, 5.74) is 3.10. The van der Waals surface area contributed by atoms with Gasteiger partial charge in [-0.2, -0.15) is 0 Å². The zero-order valence-corrected chi connectivity index (χ0v) is 8.16. The zero-order chi connectivity index (χ0) is 11.0. The number of halogens is 1. The predicted molar refractivity (Wildman–Crippen MR) is 52.0 cm³/mol. The summed E-state index contributed by atoms with van der Waals surface area (Å²) in [6, 6.07) is 3.76. The molecule has 1 aliphatic rings. The normalized spacial score (nSPS) is 20.5. The summed E-state index contributed by atoms with van der Waals surface area (Å²) in [5, 5.41) is 0. The molecule has 0 saturated heterocycles. The van der Waals surface area contributed by atoms with E-state index in [4.69, 9.17) is 0 Å². The number of benzene rings is 1. The van der Waals surface area contributed by atoms with Crippen LogP contribution in [0.3, 0.4) is 0 Å². The number of nitroso groups, excluding NO2 is 1. The molecule has 4 nitrogen and oxygen atoms in total. The van der Waals surface area contributed by atoms with Gasteiger partial charge in [0.05, 0.1) is 16.4 Å². The van der Waals surface area contributed by atoms with Crippen LogP contribution in [0.15, 0.2) is 18.2 Å². The first kappa shape index (κ1) is 9.76. The van der Waals surface area contributed by atoms with Gasteiger partial charge in [0.25, 0.3) is 0 Å². The number of nitrogens with one attached hydrogen (secondary N) is 1. The van der Waals surface area contributed by atoms with Gasteiger partial charge >= 0.3 is 0 Å². The molecule has 2 rings (SSSR count). The number of nitrogens with zero attached hydrogens (tertiary/aromatic N) is 1. The number of carbonyl (C=O) groups is 1. The molecular formula is C10H10FN2O2+. The van der Waals surface area contributed by atoms with Crippen LogP contribution in [0.25, 0.3) is 0 Å². The molecule has 1 N–H and O–H groups in total. The Kier molecular flexibility index (Phi) is 2.22. The number of Topliss-reactive ketones (excluding diaryl/α,β-unsaturated/α-hetero) is 1. The Morgan fingerprint density at radius 1 is 1.53 bits per heavy atom. The van der Waals surface area contributed by atoms with Crippen molar-refractivity contribution in [3.05, 3.63) is 34.5 Å². The molecule has 1 heterocycles. The van der Waals surface area contributed by atoms with Crippen molar-refractivity contribution in [3.8, 4) is 0 Å². The van der Waals surface area contributed by atoms with E-state index >= 15 is 0 Å². The Morgan fingerprint density at radius 2 is 2.27 bits per heavy atom. The fourth-order valence-electron chi connectivity index (χ4n) is 1.59. The van der Waals surface area contributed by atoms with Crippen LogP contribution in [-0.2, 0) is 0 Å². The smallest absolute Gasteiger partial charge is 0.235 e. The third-order valence-electron chi connectivity index (χ3n) is 2.38. The van der Waals surface area contributed by atoms with Crippen LogP contribution in [0.1, 0.15) is 17.3 Å². The summed E-state index contributed by atoms with van der Waals surface area (Å²) in [4.78, 5) is 23.6. The molecule has 78 valence electrons. The molecule has 5 heteroatoms. The molecule has 0 spiro atoms. The molecule has 0 fully saturated rings. The summed E-state index contributed by atoms with van der Waals surface area (Å²) >= 11 is 0. The van der Waals surface area contributed by atoms with Crippen LogP contribution in [0.5, 0.6) is 0 Å². The second kappa shape index (κ2) is 3.42. The van der Waals surface area contributed by atoms with Crippen LogP contribution >= 0.6 is 0 Å². The van der Waals surface area contributed by atoms with Gasteiger partial charge in [-0.25, -0.2) is 4.39 Å². The Morgan fingerprint density at radius 3 is 3.00 bits per heavy atom. The molecule has 0 aliphatic carbocycles. The summed E-state index contributed by atoms with van der Waals surface area (Å²) in [7, 11) is 0. The number of anilines is 1. The molecule has 0 bridgehead atoms. The van der Waals surface area contributed by atoms with E-state index in [1.54, 1.807) is 6.92 Å². The van der Waals surface area contributed by atoms with E-state index in [1.165, 1.54) is 12.1 Å². The van der Waals surface area contributed by atoms with Crippen molar-refractivity contribution in [2.24, 2.45) is 5.92 Å². The number of hydrazine groups is 1. The Labute approximate surface area is 85.6 Å². The van der Waals surface area contributed by atoms with E-state index in [-0.39, 0.29) is 17.9 Å². The van der Waals surface area contributed by atoms with Crippen LogP contribution in [-0.4, -0.2) is 17.2 Å². The standard InChI is InChI=1S/C10H9FN2O2/c1-6-5-13(15)12-9-3-2-7(11)4-8(9)10(6)14/h2-4,6H,5H2,1H3/p+1. The lowest BCUT2D eigenvalue weighted by Gasteiger charge is -2.02. The van der Waals surface area contributed by atoms with Crippen molar-refractivity contribution in [2.45, 2.75) is 6.92 Å². The summed E-state index contributed by atoms with van der Waals surface area (Å²) in [6.07, 6.45) is 0. The highest BCUT2D eigenvalue weighted by Gasteiger charge is 2.30. The molecule has 1 aliphatic heterocycles. The van der Waals surface area contributed by atoms with Gasteiger partial charge < -0.3 is 0 Å². The fraction of sp³-hybridized carbons (Fsp3) is 0.300. The van der Waals surface area contributed by atoms with E-state index in [1.807, 2.05) is 0 Å². The number of fused-ring (bicyclic) bond motifs is 1. The van der Waals surface area contributed by atoms with Gasteiger partial charge in [-0.05, 0) is 25.1 Å². The Balaban J connectivity index is 2.55. The maximum absolute atomic E-state index is 13.0. The first-order valence-electron chi connectivity index (χ1n) is 4.63. The number of ketones is 1. The minimum Gasteiger partial charge on any atom is -0.294 e. The summed E-state index contributed by atoms with van der Waals surface area (Å²) in [6.45, 7) is 1.71. The molecule has 1 aromatic carbocycles. The minimum atomic E-state index is -0.476. The first-order chi connectivity index (χ1) is 7.08. The number of carbonyl (C=O) groups excluding carboxylic acids is 1. The molecule has 1 atom stereocenters. The number of hydrogen-bond acceptors (Lipinski definition) is 2. The number of hydrogen-bond donors (Lipinski definition) is 1. The van der Waals surface area contributed by atoms with E-state index in [2.05, 4.69) is 5.43 Å². The van der Waals surface area contributed by atoms with Crippen molar-refractivity contribution >= 4 is 11.5 Å². The van der Waals surface area contributed by atoms with Gasteiger partial charge in [0.1, 0.15) is 16.4 Å². The monoisotopic (exact) mass is 209 g/mol. The van der Waals surface area contributed by atoms with Crippen LogP contribution in [0.2, 0.25) is 0 Å². The highest BCUT2D eigenvalue weighted by Crippen LogP contribution is 2.23. The molecule has 0 radical (unpaired) electrons. The highest BCUT2D eigenvalue weighted by atomic mass is 19.1. The van der Waals surface area contributed by atoms with Crippen molar-refractivity contribution in [1.82, 2.24) is 0 Å². The third kappa shape index (κ3) is 1.72. The fourth-order valence-corrected chi connectivity index (χ4v) is 1.59. The quantitative estimate of drug-likeness (QED) is 0.662. The first-order valence-corrected chi connectivity index (χ1v) is 4.63. The molecule has 1 unspecified atom stereocenters. The van der Waals surface area contributed by atoms with Gasteiger partial charge in [0, 0.05) is 0 Å². The van der Waals surface area contributed by atoms with Crippen LogP contribution < -0.4 is 5.43 Å². The van der Waals surface area contributed by atoms with Gasteiger partial charge in [0.15, 0.2) is 5.78 Å². The minimum absolute atomic E-state index is 0.0646. The lowest BCUT2D eigenvalue weighted by molar-refractivity contribution is -0.521. The van der Waals surface area contributed by atoms with E-state index in [0.29, 0.717) is 10.6 Å². The molecular weight excluding hydrogens is 199 g/mol. The van der Waals surface area contributed by atoms with Gasteiger partial charge in [-0.3, -0.25) is 4.79 Å². The lowest BCUT2D eigenvalue weighted by Crippen LogP contribution is -2.22. The zero-order valence-electron chi connectivity index (χ0n) is 8.16. The van der Waals surface area contributed by atoms with Gasteiger partial charge in [0.2, 0.25) is 6.54 Å². The average Bonchev–Trinajstić information content (AvgIpc) is 2.27. The summed E-state index contributed by atoms with van der Waals surface area (Å²) < 4.78 is 13.0. The van der Waals surface area contributed by atoms with Crippen molar-refractivity contribution < 1.29 is 14.1 Å². The Hall–Kier alpha value is -1.78. The van der Waals surface area contributed by atoms with E-state index in [9.17, 15) is 14.1 Å². The van der Waals surface area contributed by atoms with E-state index < -0.39 is 11.7 Å². The van der Waals surface area contributed by atoms with Crippen molar-refractivity contribution in [3.63, 3.8) is 0 Å². The SMILES string of the molecule is CC1C[N+](=O)Nc2ccc(F)cc2C1=O. The van der Waals surface area contributed by atoms with Crippen molar-refractivity contribution in [2.75, 3.05) is 12.0 Å². The second-order valence-electron chi connectivity index (χ2n) is 3.63. The van der Waals surface area contributed by atoms with Crippen LogP contribution in [0, 0.1) is 16.6 Å². The lowest BCUT2D eigenvalue weighted by atomic mass is 9.99. The van der Waals surface area contributed by atoms with Gasteiger partial charge in [-0.1, -0.05) is 0 Å². The largest absolute Gasteiger partial charge is 0.294 e. The maximum atomic E-state index is 13.0. The molecule has 15 heavy (non-hydrogen) atoms. The topological polar surface area (TPSA) is 49.2 Å². The van der Waals surface area contributed by atoms with E-state index in [0.717, 1.165) is 6.07 Å². The average molecular weight is 209 g/mol. The molecule has 0 amide bonds. The van der Waals surface area contributed by atoms with Crippen molar-refractivity contribution in [1.29, 1.82) is 0 Å². The second-order valence-corrected chi connectivity index (χ2v) is 3.63.